The number of aldehydes is 1. The minimum absolute atomic E-state index is 0.486. The smallest absolute Gasteiger partial charge is 0.194 e. The quantitative estimate of drug-likeness (QED) is 0.589. The van der Waals surface area contributed by atoms with Crippen LogP contribution in [0.1, 0.15) is 18.1 Å². The van der Waals surface area contributed by atoms with Gasteiger partial charge in [0.1, 0.15) is 12.0 Å². The Bertz CT molecular complexity index is 217. The number of aryl methyl sites for hydroxylation is 2. The average molecular weight is 139 g/mol. The molecule has 0 radical (unpaired) electrons. The molecule has 3 nitrogen and oxygen atoms in total. The lowest BCUT2D eigenvalue weighted by atomic mass is 10.3. The molecule has 0 fully saturated rings. The van der Waals surface area contributed by atoms with Crippen molar-refractivity contribution in [1.82, 2.24) is 4.98 Å². The number of carbonyl (C=O) groups is 1. The van der Waals surface area contributed by atoms with Crippen LogP contribution in [0.2, 0.25) is 0 Å². The molecular formula is C7H9NO2. The molecule has 1 aromatic rings. The molecule has 0 N–H and O–H groups in total. The van der Waals surface area contributed by atoms with Gasteiger partial charge in [-0.15, -0.1) is 0 Å². The van der Waals surface area contributed by atoms with Crippen molar-refractivity contribution in [2.45, 2.75) is 19.8 Å². The van der Waals surface area contributed by atoms with Crippen LogP contribution in [0.4, 0.5) is 0 Å². The molecule has 0 amide bonds. The molecule has 0 aliphatic heterocycles. The van der Waals surface area contributed by atoms with Crippen molar-refractivity contribution < 1.29 is 9.21 Å². The highest BCUT2D eigenvalue weighted by Gasteiger charge is 1.97. The topological polar surface area (TPSA) is 43.1 Å². The second-order valence-electron chi connectivity index (χ2n) is 2.07. The molecule has 0 saturated heterocycles. The Morgan fingerprint density at radius 1 is 1.80 bits per heavy atom. The van der Waals surface area contributed by atoms with Crippen molar-refractivity contribution in [1.29, 1.82) is 0 Å². The summed E-state index contributed by atoms with van der Waals surface area (Å²) in [4.78, 5) is 13.8. The summed E-state index contributed by atoms with van der Waals surface area (Å²) in [5.41, 5.74) is 0. The van der Waals surface area contributed by atoms with Gasteiger partial charge in [0.15, 0.2) is 5.89 Å². The third-order valence-corrected chi connectivity index (χ3v) is 1.15. The number of hydrogen-bond acceptors (Lipinski definition) is 3. The van der Waals surface area contributed by atoms with E-state index in [0.717, 1.165) is 12.0 Å². The van der Waals surface area contributed by atoms with E-state index in [2.05, 4.69) is 4.98 Å². The van der Waals surface area contributed by atoms with Crippen molar-refractivity contribution >= 4 is 6.29 Å². The lowest BCUT2D eigenvalue weighted by Crippen LogP contribution is -1.84. The van der Waals surface area contributed by atoms with Gasteiger partial charge in [-0.1, -0.05) is 0 Å². The Morgan fingerprint density at radius 2 is 2.60 bits per heavy atom. The summed E-state index contributed by atoms with van der Waals surface area (Å²) in [5, 5.41) is 0. The summed E-state index contributed by atoms with van der Waals surface area (Å²) >= 11 is 0. The van der Waals surface area contributed by atoms with E-state index < -0.39 is 0 Å². The van der Waals surface area contributed by atoms with Gasteiger partial charge in [0.05, 0.1) is 6.20 Å². The lowest BCUT2D eigenvalue weighted by Gasteiger charge is -1.85. The Kier molecular flexibility index (Phi) is 2.20. The summed E-state index contributed by atoms with van der Waals surface area (Å²) in [6.07, 6.45) is 3.61. The number of oxazole rings is 1. The molecule has 0 aromatic carbocycles. The maximum Gasteiger partial charge on any atom is 0.194 e. The molecule has 0 unspecified atom stereocenters. The zero-order chi connectivity index (χ0) is 7.40. The molecular weight excluding hydrogens is 130 g/mol. The zero-order valence-corrected chi connectivity index (χ0v) is 5.83. The first-order chi connectivity index (χ1) is 4.83. The molecule has 1 aromatic heterocycles. The molecule has 0 atom stereocenters. The minimum atomic E-state index is 0.486. The Morgan fingerprint density at radius 3 is 3.10 bits per heavy atom. The first kappa shape index (κ1) is 6.99. The van der Waals surface area contributed by atoms with Crippen molar-refractivity contribution in [3.05, 3.63) is 17.8 Å². The first-order valence-corrected chi connectivity index (χ1v) is 3.18. The van der Waals surface area contributed by atoms with Crippen LogP contribution in [0, 0.1) is 6.92 Å². The molecule has 0 aliphatic rings. The predicted octanol–water partition coefficient (Wildman–Crippen LogP) is 1.11. The van der Waals surface area contributed by atoms with E-state index in [4.69, 9.17) is 4.42 Å². The van der Waals surface area contributed by atoms with Crippen LogP contribution in [-0.2, 0) is 11.2 Å². The largest absolute Gasteiger partial charge is 0.446 e. The number of aromatic nitrogens is 1. The van der Waals surface area contributed by atoms with E-state index >= 15 is 0 Å². The Hall–Kier alpha value is -1.12. The summed E-state index contributed by atoms with van der Waals surface area (Å²) in [7, 11) is 0. The van der Waals surface area contributed by atoms with E-state index in [1.54, 1.807) is 6.20 Å². The predicted molar refractivity (Wildman–Crippen MR) is 35.6 cm³/mol. The van der Waals surface area contributed by atoms with Gasteiger partial charge in [-0.2, -0.15) is 0 Å². The second kappa shape index (κ2) is 3.15. The van der Waals surface area contributed by atoms with Crippen molar-refractivity contribution in [3.63, 3.8) is 0 Å². The van der Waals surface area contributed by atoms with Crippen LogP contribution < -0.4 is 0 Å². The highest BCUT2D eigenvalue weighted by molar-refractivity contribution is 5.49. The van der Waals surface area contributed by atoms with E-state index in [9.17, 15) is 4.79 Å². The van der Waals surface area contributed by atoms with Crippen molar-refractivity contribution in [2.75, 3.05) is 0 Å². The fraction of sp³-hybridized carbons (Fsp3) is 0.429. The van der Waals surface area contributed by atoms with E-state index in [1.807, 2.05) is 6.92 Å². The molecule has 0 saturated carbocycles. The second-order valence-corrected chi connectivity index (χ2v) is 2.07. The van der Waals surface area contributed by atoms with Crippen LogP contribution in [0.5, 0.6) is 0 Å². The summed E-state index contributed by atoms with van der Waals surface area (Å²) in [6.45, 7) is 1.83. The van der Waals surface area contributed by atoms with Crippen LogP contribution >= 0.6 is 0 Å². The Labute approximate surface area is 59.1 Å². The molecule has 0 aliphatic carbocycles. The third-order valence-electron chi connectivity index (χ3n) is 1.15. The maximum absolute atomic E-state index is 9.92. The average Bonchev–Trinajstić information content (AvgIpc) is 2.31. The van der Waals surface area contributed by atoms with Crippen LogP contribution in [0.25, 0.3) is 0 Å². The molecule has 1 rings (SSSR count). The first-order valence-electron chi connectivity index (χ1n) is 3.18. The van der Waals surface area contributed by atoms with Gasteiger partial charge in [-0.3, -0.25) is 0 Å². The van der Waals surface area contributed by atoms with Crippen LogP contribution in [-0.4, -0.2) is 11.3 Å². The zero-order valence-electron chi connectivity index (χ0n) is 5.83. The standard InChI is InChI=1S/C7H9NO2/c1-6-5-8-7(10-6)3-2-4-9/h4-5H,2-3H2,1H3. The van der Waals surface area contributed by atoms with Gasteiger partial charge in [0.2, 0.25) is 0 Å². The van der Waals surface area contributed by atoms with E-state index in [1.165, 1.54) is 0 Å². The highest BCUT2D eigenvalue weighted by atomic mass is 16.3. The van der Waals surface area contributed by atoms with Crippen molar-refractivity contribution in [3.8, 4) is 0 Å². The number of carbonyl (C=O) groups excluding carboxylic acids is 1. The van der Waals surface area contributed by atoms with Gasteiger partial charge >= 0.3 is 0 Å². The molecule has 1 heterocycles. The monoisotopic (exact) mass is 139 g/mol. The molecule has 0 spiro atoms. The van der Waals surface area contributed by atoms with Crippen molar-refractivity contribution in [2.24, 2.45) is 0 Å². The van der Waals surface area contributed by atoms with Crippen LogP contribution in [0.15, 0.2) is 10.6 Å². The molecule has 3 heteroatoms. The normalized spacial score (nSPS) is 9.70. The number of hydrogen-bond donors (Lipinski definition) is 0. The summed E-state index contributed by atoms with van der Waals surface area (Å²) in [5.74, 6) is 1.44. The molecule has 10 heavy (non-hydrogen) atoms. The lowest BCUT2D eigenvalue weighted by molar-refractivity contribution is -0.107. The number of nitrogens with zero attached hydrogens (tertiary/aromatic N) is 1. The number of rotatable bonds is 3. The van der Waals surface area contributed by atoms with E-state index in [0.29, 0.717) is 18.7 Å². The maximum atomic E-state index is 9.92. The van der Waals surface area contributed by atoms with Gasteiger partial charge in [-0.05, 0) is 6.92 Å². The van der Waals surface area contributed by atoms with Gasteiger partial charge in [0.25, 0.3) is 0 Å². The summed E-state index contributed by atoms with van der Waals surface area (Å²) in [6, 6.07) is 0. The fourth-order valence-corrected chi connectivity index (χ4v) is 0.699. The molecule has 54 valence electrons. The Balaban J connectivity index is 2.49. The van der Waals surface area contributed by atoms with Crippen LogP contribution in [0.3, 0.4) is 0 Å². The SMILES string of the molecule is Cc1cnc(CCC=O)o1. The summed E-state index contributed by atoms with van der Waals surface area (Å²) < 4.78 is 5.12. The fourth-order valence-electron chi connectivity index (χ4n) is 0.699. The minimum Gasteiger partial charge on any atom is -0.446 e. The van der Waals surface area contributed by atoms with Gasteiger partial charge in [0, 0.05) is 12.8 Å². The van der Waals surface area contributed by atoms with E-state index in [-0.39, 0.29) is 0 Å². The van der Waals surface area contributed by atoms with Gasteiger partial charge < -0.3 is 9.21 Å². The van der Waals surface area contributed by atoms with Gasteiger partial charge in [-0.25, -0.2) is 4.98 Å². The highest BCUT2D eigenvalue weighted by Crippen LogP contribution is 2.02. The molecule has 0 bridgehead atoms. The third kappa shape index (κ3) is 1.69.